The first-order valence-corrected chi connectivity index (χ1v) is 13.3. The fraction of sp³-hybridized carbons (Fsp3) is 0.240. The fourth-order valence-corrected chi connectivity index (χ4v) is 5.03. The summed E-state index contributed by atoms with van der Waals surface area (Å²) >= 11 is 18.7. The Balaban J connectivity index is 1.24. The van der Waals surface area contributed by atoms with Gasteiger partial charge < -0.3 is 19.9 Å². The molecule has 2 aromatic carbocycles. The van der Waals surface area contributed by atoms with E-state index >= 15 is 0 Å². The summed E-state index contributed by atoms with van der Waals surface area (Å²) in [5.41, 5.74) is 1.80. The second-order valence-electron chi connectivity index (χ2n) is 8.08. The van der Waals surface area contributed by atoms with E-state index in [1.54, 1.807) is 25.1 Å². The number of nitrogens with one attached hydrogen (secondary N) is 2. The van der Waals surface area contributed by atoms with Crippen LogP contribution >= 0.6 is 46.8 Å². The molecule has 11 heteroatoms. The van der Waals surface area contributed by atoms with E-state index in [1.807, 2.05) is 46.7 Å². The van der Waals surface area contributed by atoms with E-state index in [9.17, 15) is 9.59 Å². The number of rotatable bonds is 6. The number of amides is 2. The van der Waals surface area contributed by atoms with Gasteiger partial charge in [-0.05, 0) is 73.1 Å². The Labute approximate surface area is 228 Å². The number of carbonyl (C=O) groups is 2. The number of hydrogen-bond acceptors (Lipinski definition) is 6. The molecule has 3 aromatic rings. The van der Waals surface area contributed by atoms with Crippen LogP contribution in [0.4, 0.5) is 11.4 Å². The maximum absolute atomic E-state index is 12.5. The van der Waals surface area contributed by atoms with Gasteiger partial charge in [0.1, 0.15) is 5.75 Å². The van der Waals surface area contributed by atoms with Crippen LogP contribution in [0.15, 0.2) is 60.0 Å². The van der Waals surface area contributed by atoms with E-state index in [0.29, 0.717) is 28.9 Å². The van der Waals surface area contributed by atoms with E-state index in [-0.39, 0.29) is 11.0 Å². The van der Waals surface area contributed by atoms with Crippen LogP contribution < -0.4 is 20.3 Å². The first kappa shape index (κ1) is 26.2. The van der Waals surface area contributed by atoms with Crippen molar-refractivity contribution in [2.75, 3.05) is 36.4 Å². The topological polar surface area (TPSA) is 73.9 Å². The molecule has 1 saturated heterocycles. The quantitative estimate of drug-likeness (QED) is 0.397. The molecule has 1 aromatic heterocycles. The number of hydrogen-bond donors (Lipinski definition) is 2. The van der Waals surface area contributed by atoms with Crippen molar-refractivity contribution in [2.24, 2.45) is 0 Å². The van der Waals surface area contributed by atoms with E-state index in [1.165, 1.54) is 11.3 Å². The van der Waals surface area contributed by atoms with Gasteiger partial charge in [-0.15, -0.1) is 11.3 Å². The van der Waals surface area contributed by atoms with Crippen molar-refractivity contribution >= 4 is 75.1 Å². The third-order valence-electron chi connectivity index (χ3n) is 5.59. The number of ether oxygens (including phenoxy) is 1. The molecule has 0 spiro atoms. The van der Waals surface area contributed by atoms with Gasteiger partial charge in [-0.25, -0.2) is 0 Å². The molecule has 0 radical (unpaired) electrons. The second kappa shape index (κ2) is 11.9. The van der Waals surface area contributed by atoms with Gasteiger partial charge in [0.05, 0.1) is 9.90 Å². The lowest BCUT2D eigenvalue weighted by atomic mass is 10.2. The van der Waals surface area contributed by atoms with Crippen molar-refractivity contribution < 1.29 is 14.3 Å². The van der Waals surface area contributed by atoms with Crippen molar-refractivity contribution in [3.63, 3.8) is 0 Å². The summed E-state index contributed by atoms with van der Waals surface area (Å²) in [7, 11) is 0. The lowest BCUT2D eigenvalue weighted by Crippen LogP contribution is -2.48. The van der Waals surface area contributed by atoms with Crippen molar-refractivity contribution in [2.45, 2.75) is 13.0 Å². The summed E-state index contributed by atoms with van der Waals surface area (Å²) in [6.07, 6.45) is -0.823. The van der Waals surface area contributed by atoms with Gasteiger partial charge in [-0.2, -0.15) is 0 Å². The van der Waals surface area contributed by atoms with Crippen LogP contribution in [0.1, 0.15) is 16.6 Å². The molecule has 7 nitrogen and oxygen atoms in total. The average molecular weight is 564 g/mol. The monoisotopic (exact) mass is 562 g/mol. The van der Waals surface area contributed by atoms with Gasteiger partial charge in [0.15, 0.2) is 11.2 Å². The fourth-order valence-electron chi connectivity index (χ4n) is 3.67. The number of carbonyl (C=O) groups excluding carboxylic acids is 2. The summed E-state index contributed by atoms with van der Waals surface area (Å²) < 4.78 is 5.62. The lowest BCUT2D eigenvalue weighted by Gasteiger charge is -2.36. The first-order valence-electron chi connectivity index (χ1n) is 11.2. The minimum absolute atomic E-state index is 0.0933. The SMILES string of the molecule is CC(Oc1ccc(Cl)cc1Cl)C(=O)NC(=S)Nc1ccc(N2CCN(C(=O)c3cccs3)CC2)cc1. The molecule has 0 bridgehead atoms. The van der Waals surface area contributed by atoms with Gasteiger partial charge in [0, 0.05) is 42.6 Å². The molecule has 1 aliphatic rings. The predicted octanol–water partition coefficient (Wildman–Crippen LogP) is 5.30. The zero-order valence-corrected chi connectivity index (χ0v) is 22.5. The maximum atomic E-state index is 12.5. The molecule has 2 N–H and O–H groups in total. The van der Waals surface area contributed by atoms with Gasteiger partial charge in [-0.1, -0.05) is 29.3 Å². The average Bonchev–Trinajstić information content (AvgIpc) is 3.41. The highest BCUT2D eigenvalue weighted by molar-refractivity contribution is 7.80. The van der Waals surface area contributed by atoms with E-state index in [4.69, 9.17) is 40.2 Å². The van der Waals surface area contributed by atoms with Gasteiger partial charge in [-0.3, -0.25) is 14.9 Å². The number of benzene rings is 2. The summed E-state index contributed by atoms with van der Waals surface area (Å²) in [5.74, 6) is 0.0377. The number of nitrogens with zero attached hydrogens (tertiary/aromatic N) is 2. The predicted molar refractivity (Wildman–Crippen MR) is 150 cm³/mol. The van der Waals surface area contributed by atoms with Gasteiger partial charge in [0.25, 0.3) is 11.8 Å². The zero-order valence-electron chi connectivity index (χ0n) is 19.4. The zero-order chi connectivity index (χ0) is 25.7. The molecule has 0 saturated carbocycles. The van der Waals surface area contributed by atoms with Crippen molar-refractivity contribution in [1.82, 2.24) is 10.2 Å². The molecular formula is C25H24Cl2N4O3S2. The number of anilines is 2. The highest BCUT2D eigenvalue weighted by Gasteiger charge is 2.23. The smallest absolute Gasteiger partial charge is 0.266 e. The standard InChI is InChI=1S/C25H24Cl2N4O3S2/c1-16(34-21-9-4-17(26)15-20(21)27)23(32)29-25(35)28-18-5-7-19(8-6-18)30-10-12-31(13-11-30)24(33)22-3-2-14-36-22/h2-9,14-16H,10-13H2,1H3,(H2,28,29,32,35). The molecule has 4 rings (SSSR count). The molecule has 0 aliphatic carbocycles. The number of thiocarbonyl (C=S) groups is 1. The van der Waals surface area contributed by atoms with Crippen LogP contribution in [0, 0.1) is 0 Å². The highest BCUT2D eigenvalue weighted by atomic mass is 35.5. The number of thiophene rings is 1. The van der Waals surface area contributed by atoms with Crippen molar-refractivity contribution in [3.8, 4) is 5.75 Å². The van der Waals surface area contributed by atoms with Crippen LogP contribution in [0.2, 0.25) is 10.0 Å². The largest absolute Gasteiger partial charge is 0.479 e. The van der Waals surface area contributed by atoms with Crippen LogP contribution in [0.5, 0.6) is 5.75 Å². The number of piperazine rings is 1. The lowest BCUT2D eigenvalue weighted by molar-refractivity contribution is -0.125. The molecule has 1 fully saturated rings. The van der Waals surface area contributed by atoms with Gasteiger partial charge in [0.2, 0.25) is 0 Å². The van der Waals surface area contributed by atoms with Crippen molar-refractivity contribution in [3.05, 3.63) is 74.9 Å². The molecule has 2 heterocycles. The molecule has 36 heavy (non-hydrogen) atoms. The van der Waals surface area contributed by atoms with Crippen LogP contribution in [0.3, 0.4) is 0 Å². The minimum Gasteiger partial charge on any atom is -0.479 e. The third kappa shape index (κ3) is 6.67. The van der Waals surface area contributed by atoms with E-state index in [2.05, 4.69) is 15.5 Å². The van der Waals surface area contributed by atoms with Crippen LogP contribution in [-0.4, -0.2) is 54.1 Å². The summed E-state index contributed by atoms with van der Waals surface area (Å²) in [5, 5.41) is 8.51. The Kier molecular flexibility index (Phi) is 8.68. The summed E-state index contributed by atoms with van der Waals surface area (Å²) in [4.78, 5) is 29.9. The maximum Gasteiger partial charge on any atom is 0.266 e. The van der Waals surface area contributed by atoms with Crippen molar-refractivity contribution in [1.29, 1.82) is 0 Å². The Bertz CT molecular complexity index is 1230. The molecule has 1 atom stereocenters. The Morgan fingerprint density at radius 3 is 2.42 bits per heavy atom. The molecule has 188 valence electrons. The third-order valence-corrected chi connectivity index (χ3v) is 7.19. The summed E-state index contributed by atoms with van der Waals surface area (Å²) in [6.45, 7) is 4.47. The number of halogens is 2. The van der Waals surface area contributed by atoms with Crippen LogP contribution in [0.25, 0.3) is 0 Å². The molecule has 2 amide bonds. The molecular weight excluding hydrogens is 539 g/mol. The normalized spacial score (nSPS) is 14.2. The molecule has 1 unspecified atom stereocenters. The van der Waals surface area contributed by atoms with E-state index in [0.717, 1.165) is 29.3 Å². The Morgan fingerprint density at radius 2 is 1.78 bits per heavy atom. The first-order chi connectivity index (χ1) is 17.3. The van der Waals surface area contributed by atoms with Crippen LogP contribution in [-0.2, 0) is 4.79 Å². The Hall–Kier alpha value is -2.85. The van der Waals surface area contributed by atoms with Gasteiger partial charge >= 0.3 is 0 Å². The summed E-state index contributed by atoms with van der Waals surface area (Å²) in [6, 6.07) is 16.3. The Morgan fingerprint density at radius 1 is 1.06 bits per heavy atom. The van der Waals surface area contributed by atoms with E-state index < -0.39 is 12.0 Å². The highest BCUT2D eigenvalue weighted by Crippen LogP contribution is 2.28. The minimum atomic E-state index is -0.823. The second-order valence-corrected chi connectivity index (χ2v) is 10.3. The molecule has 1 aliphatic heterocycles.